The number of alkyl halides is 3. The van der Waals surface area contributed by atoms with Crippen LogP contribution in [0.4, 0.5) is 23.5 Å². The molecule has 1 saturated carbocycles. The molecule has 0 unspecified atom stereocenters. The number of carbonyl (C=O) groups excluding carboxylic acids is 1. The van der Waals surface area contributed by atoms with Crippen molar-refractivity contribution < 1.29 is 26.8 Å². The fourth-order valence-electron chi connectivity index (χ4n) is 4.55. The number of rotatable bonds is 4. The van der Waals surface area contributed by atoms with E-state index in [9.17, 15) is 22.4 Å². The van der Waals surface area contributed by atoms with E-state index in [0.717, 1.165) is 0 Å². The molecular weight excluding hydrogens is 430 g/mol. The first kappa shape index (κ1) is 20.4. The van der Waals surface area contributed by atoms with Crippen LogP contribution in [-0.4, -0.2) is 44.4 Å². The fourth-order valence-corrected chi connectivity index (χ4v) is 4.55. The number of fused-ring (bicyclic) bond motifs is 2. The van der Waals surface area contributed by atoms with Crippen LogP contribution in [-0.2, 0) is 6.18 Å². The first-order valence-electron chi connectivity index (χ1n) is 9.96. The Morgan fingerprint density at radius 1 is 1.16 bits per heavy atom. The number of hydrogen-bond acceptors (Lipinski definition) is 6. The molecule has 2 bridgehead atoms. The predicted octanol–water partition coefficient (Wildman–Crippen LogP) is 4.00. The van der Waals surface area contributed by atoms with Gasteiger partial charge in [0.15, 0.2) is 0 Å². The second-order valence-electron chi connectivity index (χ2n) is 7.91. The van der Waals surface area contributed by atoms with Crippen LogP contribution in [0.2, 0.25) is 0 Å². The van der Waals surface area contributed by atoms with Gasteiger partial charge in [0.05, 0.1) is 28.9 Å². The van der Waals surface area contributed by atoms with Crippen molar-refractivity contribution in [3.63, 3.8) is 0 Å². The van der Waals surface area contributed by atoms with E-state index in [1.165, 1.54) is 24.6 Å². The normalized spacial score (nSPS) is 22.4. The zero-order chi connectivity index (χ0) is 22.5. The lowest BCUT2D eigenvalue weighted by atomic mass is 10.0. The number of hydrogen-bond donors (Lipinski definition) is 1. The van der Waals surface area contributed by atoms with Crippen LogP contribution < -0.4 is 5.32 Å². The summed E-state index contributed by atoms with van der Waals surface area (Å²) in [6.07, 6.45) is 1.08. The topological polar surface area (TPSA) is 84.2 Å². The number of amides is 1. The minimum Gasteiger partial charge on any atom is -0.445 e. The lowest BCUT2D eigenvalue weighted by molar-refractivity contribution is -0.138. The number of piperidine rings is 1. The minimum absolute atomic E-state index is 0.0503. The van der Waals surface area contributed by atoms with Gasteiger partial charge in [-0.15, -0.1) is 0 Å². The number of nitrogens with zero attached hydrogens (tertiary/aromatic N) is 4. The molecule has 11 heteroatoms. The van der Waals surface area contributed by atoms with Gasteiger partial charge in [0, 0.05) is 25.0 Å². The number of aromatic nitrogens is 3. The van der Waals surface area contributed by atoms with Crippen LogP contribution in [0, 0.1) is 11.7 Å². The highest BCUT2D eigenvalue weighted by Crippen LogP contribution is 2.41. The number of oxazole rings is 1. The summed E-state index contributed by atoms with van der Waals surface area (Å²) in [6, 6.07) is 3.73. The average molecular weight is 447 g/mol. The highest BCUT2D eigenvalue weighted by molar-refractivity contribution is 6.00. The number of carbonyl (C=O) groups is 1. The van der Waals surface area contributed by atoms with Gasteiger partial charge in [-0.1, -0.05) is 6.07 Å². The maximum absolute atomic E-state index is 14.7. The summed E-state index contributed by atoms with van der Waals surface area (Å²) in [5.41, 5.74) is -0.795. The molecule has 1 aliphatic heterocycles. The third kappa shape index (κ3) is 3.57. The maximum Gasteiger partial charge on any atom is 0.419 e. The van der Waals surface area contributed by atoms with Gasteiger partial charge in [0.1, 0.15) is 12.1 Å². The van der Waals surface area contributed by atoms with Crippen LogP contribution in [0.5, 0.6) is 0 Å². The molecule has 1 aromatic carbocycles. The van der Waals surface area contributed by atoms with Gasteiger partial charge < -0.3 is 14.6 Å². The van der Waals surface area contributed by atoms with Gasteiger partial charge in [0.25, 0.3) is 5.91 Å². The monoisotopic (exact) mass is 447 g/mol. The number of benzene rings is 1. The Labute approximate surface area is 179 Å². The Morgan fingerprint density at radius 3 is 2.59 bits per heavy atom. The molecule has 2 aromatic heterocycles. The van der Waals surface area contributed by atoms with Crippen molar-refractivity contribution in [3.05, 3.63) is 60.0 Å². The SMILES string of the molecule is O=C(c1c(F)cccc1-c1ncco1)N1C[C@H]2C[C@@H](Nc3ncc(C(F)(F)F)cn3)[C@@H]1C2. The third-order valence-electron chi connectivity index (χ3n) is 5.93. The molecule has 166 valence electrons. The average Bonchev–Trinajstić information content (AvgIpc) is 3.50. The predicted molar refractivity (Wildman–Crippen MR) is 104 cm³/mol. The van der Waals surface area contributed by atoms with Crippen molar-refractivity contribution in [2.24, 2.45) is 5.92 Å². The fraction of sp³-hybridized carbons (Fsp3) is 0.333. The maximum atomic E-state index is 14.7. The van der Waals surface area contributed by atoms with Gasteiger partial charge in [-0.2, -0.15) is 13.2 Å². The summed E-state index contributed by atoms with van der Waals surface area (Å²) < 4.78 is 58.2. The zero-order valence-corrected chi connectivity index (χ0v) is 16.5. The second-order valence-corrected chi connectivity index (χ2v) is 7.91. The van der Waals surface area contributed by atoms with Crippen LogP contribution >= 0.6 is 0 Å². The lowest BCUT2D eigenvalue weighted by Gasteiger charge is -2.34. The Morgan fingerprint density at radius 2 is 1.94 bits per heavy atom. The zero-order valence-electron chi connectivity index (χ0n) is 16.5. The minimum atomic E-state index is -4.52. The van der Waals surface area contributed by atoms with Gasteiger partial charge in [-0.3, -0.25) is 4.79 Å². The molecule has 5 rings (SSSR count). The number of anilines is 1. The molecule has 3 heterocycles. The number of likely N-dealkylation sites (tertiary alicyclic amines) is 1. The molecule has 3 atom stereocenters. The van der Waals surface area contributed by atoms with Crippen LogP contribution in [0.15, 0.2) is 47.5 Å². The molecule has 1 N–H and O–H groups in total. The third-order valence-corrected chi connectivity index (χ3v) is 5.93. The van der Waals surface area contributed by atoms with E-state index in [4.69, 9.17) is 4.42 Å². The summed E-state index contributed by atoms with van der Waals surface area (Å²) in [6.45, 7) is 0.467. The standard InChI is InChI=1S/C21H17F4N5O2/c22-14-3-1-2-13(18-26-4-5-32-18)17(14)19(31)30-10-11-6-15(16(30)7-11)29-20-27-8-12(9-28-20)21(23,24)25/h1-5,8-9,11,15-16H,6-7,10H2,(H,27,28,29)/t11-,15+,16-/m0/s1. The lowest BCUT2D eigenvalue weighted by Crippen LogP contribution is -2.48. The molecule has 1 saturated heterocycles. The Bertz CT molecular complexity index is 1130. The van der Waals surface area contributed by atoms with E-state index < -0.39 is 23.5 Å². The molecule has 3 aromatic rings. The van der Waals surface area contributed by atoms with Crippen molar-refractivity contribution in [2.45, 2.75) is 31.1 Å². The van der Waals surface area contributed by atoms with Crippen LogP contribution in [0.3, 0.4) is 0 Å². The molecule has 2 fully saturated rings. The summed E-state index contributed by atoms with van der Waals surface area (Å²) in [5, 5.41) is 3.04. The summed E-state index contributed by atoms with van der Waals surface area (Å²) >= 11 is 0. The molecular formula is C21H17F4N5O2. The largest absolute Gasteiger partial charge is 0.445 e. The Balaban J connectivity index is 1.37. The second kappa shape index (κ2) is 7.57. The molecule has 1 amide bonds. The molecule has 32 heavy (non-hydrogen) atoms. The van der Waals surface area contributed by atoms with Gasteiger partial charge >= 0.3 is 6.18 Å². The first-order valence-corrected chi connectivity index (χ1v) is 9.96. The molecule has 1 aliphatic carbocycles. The first-order chi connectivity index (χ1) is 15.3. The molecule has 0 radical (unpaired) electrons. The van der Waals surface area contributed by atoms with E-state index in [0.29, 0.717) is 31.8 Å². The van der Waals surface area contributed by atoms with Crippen LogP contribution in [0.1, 0.15) is 28.8 Å². The van der Waals surface area contributed by atoms with E-state index in [1.807, 2.05) is 0 Å². The van der Waals surface area contributed by atoms with E-state index in [-0.39, 0.29) is 41.0 Å². The highest BCUT2D eigenvalue weighted by atomic mass is 19.4. The van der Waals surface area contributed by atoms with Crippen molar-refractivity contribution in [2.75, 3.05) is 11.9 Å². The highest BCUT2D eigenvalue weighted by Gasteiger charge is 2.48. The van der Waals surface area contributed by atoms with Crippen molar-refractivity contribution in [3.8, 4) is 11.5 Å². The molecule has 2 aliphatic rings. The number of halogens is 4. The summed E-state index contributed by atoms with van der Waals surface area (Å²) in [5.74, 6) is -0.778. The quantitative estimate of drug-likeness (QED) is 0.609. The number of nitrogens with one attached hydrogen (secondary N) is 1. The Hall–Kier alpha value is -3.50. The summed E-state index contributed by atoms with van der Waals surface area (Å²) in [4.78, 5) is 26.5. The van der Waals surface area contributed by atoms with E-state index in [2.05, 4.69) is 20.3 Å². The van der Waals surface area contributed by atoms with Crippen molar-refractivity contribution >= 4 is 11.9 Å². The van der Waals surface area contributed by atoms with Crippen LogP contribution in [0.25, 0.3) is 11.5 Å². The van der Waals surface area contributed by atoms with Crippen molar-refractivity contribution in [1.29, 1.82) is 0 Å². The van der Waals surface area contributed by atoms with Gasteiger partial charge in [0.2, 0.25) is 11.8 Å². The molecule has 0 spiro atoms. The smallest absolute Gasteiger partial charge is 0.419 e. The molecule has 7 nitrogen and oxygen atoms in total. The summed E-state index contributed by atoms with van der Waals surface area (Å²) in [7, 11) is 0. The van der Waals surface area contributed by atoms with Gasteiger partial charge in [-0.25, -0.2) is 19.3 Å². The Kier molecular flexibility index (Phi) is 4.83. The van der Waals surface area contributed by atoms with E-state index >= 15 is 0 Å². The van der Waals surface area contributed by atoms with Gasteiger partial charge in [-0.05, 0) is 30.9 Å². The van der Waals surface area contributed by atoms with Crippen molar-refractivity contribution in [1.82, 2.24) is 19.9 Å². The van der Waals surface area contributed by atoms with E-state index in [1.54, 1.807) is 11.0 Å².